The van der Waals surface area contributed by atoms with Gasteiger partial charge in [-0.1, -0.05) is 0 Å². The molecule has 0 aliphatic heterocycles. The van der Waals surface area contributed by atoms with Crippen LogP contribution < -0.4 is 14.2 Å². The van der Waals surface area contributed by atoms with Crippen molar-refractivity contribution in [2.24, 2.45) is 0 Å². The maximum absolute atomic E-state index is 14.1. The highest BCUT2D eigenvalue weighted by atomic mass is 19.3. The van der Waals surface area contributed by atoms with Crippen molar-refractivity contribution >= 4 is 5.97 Å². The quantitative estimate of drug-likeness (QED) is 0.836. The third-order valence-electron chi connectivity index (χ3n) is 2.75. The van der Waals surface area contributed by atoms with Crippen molar-refractivity contribution in [1.82, 2.24) is 0 Å². The van der Waals surface area contributed by atoms with E-state index in [2.05, 4.69) is 0 Å². The number of hydrogen-bond acceptors (Lipinski definition) is 4. The fraction of sp³-hybridized carbons (Fsp3) is 0.462. The molecular formula is C13H16F2O5. The number of benzene rings is 1. The molecule has 0 spiro atoms. The summed E-state index contributed by atoms with van der Waals surface area (Å²) in [6, 6.07) is 2.47. The van der Waals surface area contributed by atoms with E-state index in [1.807, 2.05) is 0 Å². The Bertz CT molecular complexity index is 488. The van der Waals surface area contributed by atoms with Crippen molar-refractivity contribution in [3.8, 4) is 17.2 Å². The first-order valence-corrected chi connectivity index (χ1v) is 5.76. The second-order valence-corrected chi connectivity index (χ2v) is 3.98. The zero-order valence-corrected chi connectivity index (χ0v) is 11.4. The summed E-state index contributed by atoms with van der Waals surface area (Å²) in [5, 5.41) is 8.52. The predicted octanol–water partition coefficient (Wildman–Crippen LogP) is 2.67. The van der Waals surface area contributed by atoms with Crippen molar-refractivity contribution < 1.29 is 32.9 Å². The van der Waals surface area contributed by atoms with E-state index in [1.54, 1.807) is 0 Å². The molecular weight excluding hydrogens is 274 g/mol. The van der Waals surface area contributed by atoms with Crippen LogP contribution in [0.5, 0.6) is 17.2 Å². The molecule has 1 aromatic carbocycles. The number of methoxy groups -OCH3 is 3. The minimum atomic E-state index is -3.34. The van der Waals surface area contributed by atoms with E-state index in [4.69, 9.17) is 19.3 Å². The van der Waals surface area contributed by atoms with Crippen LogP contribution in [0.3, 0.4) is 0 Å². The standard InChI is InChI=1S/C13H16F2O5/c1-18-9-5-4-8(11(19-2)12(9)20-3)13(14,15)7-6-10(16)17/h4-5H,6-7H2,1-3H3,(H,16,17). The highest BCUT2D eigenvalue weighted by molar-refractivity contribution is 5.67. The molecule has 0 saturated carbocycles. The Morgan fingerprint density at radius 3 is 2.20 bits per heavy atom. The van der Waals surface area contributed by atoms with Crippen molar-refractivity contribution in [2.75, 3.05) is 21.3 Å². The van der Waals surface area contributed by atoms with Gasteiger partial charge in [0.25, 0.3) is 5.92 Å². The van der Waals surface area contributed by atoms with Gasteiger partial charge in [0.15, 0.2) is 11.5 Å². The van der Waals surface area contributed by atoms with E-state index in [0.717, 1.165) is 6.07 Å². The van der Waals surface area contributed by atoms with E-state index in [9.17, 15) is 13.6 Å². The number of halogens is 2. The van der Waals surface area contributed by atoms with Crippen LogP contribution in [0.2, 0.25) is 0 Å². The van der Waals surface area contributed by atoms with Crippen molar-refractivity contribution in [1.29, 1.82) is 0 Å². The zero-order valence-electron chi connectivity index (χ0n) is 11.4. The molecule has 5 nitrogen and oxygen atoms in total. The van der Waals surface area contributed by atoms with Gasteiger partial charge in [0.05, 0.1) is 33.3 Å². The fourth-order valence-electron chi connectivity index (χ4n) is 1.79. The molecule has 112 valence electrons. The summed E-state index contributed by atoms with van der Waals surface area (Å²) in [4.78, 5) is 10.4. The molecule has 1 rings (SSSR count). The first kappa shape index (κ1) is 16.0. The van der Waals surface area contributed by atoms with Crippen molar-refractivity contribution in [3.63, 3.8) is 0 Å². The molecule has 0 bridgehead atoms. The molecule has 1 N–H and O–H groups in total. The average molecular weight is 290 g/mol. The highest BCUT2D eigenvalue weighted by Gasteiger charge is 2.37. The summed E-state index contributed by atoms with van der Waals surface area (Å²) in [6.07, 6.45) is -1.47. The first-order chi connectivity index (χ1) is 9.37. The van der Waals surface area contributed by atoms with Crippen LogP contribution in [0.1, 0.15) is 18.4 Å². The van der Waals surface area contributed by atoms with Gasteiger partial charge in [0, 0.05) is 6.42 Å². The summed E-state index contributed by atoms with van der Waals surface area (Å²) < 4.78 is 43.1. The topological polar surface area (TPSA) is 65.0 Å². The van der Waals surface area contributed by atoms with Gasteiger partial charge in [-0.2, -0.15) is 0 Å². The Labute approximate surface area is 115 Å². The molecule has 0 aliphatic carbocycles. The van der Waals surface area contributed by atoms with Crippen molar-refractivity contribution in [3.05, 3.63) is 17.7 Å². The van der Waals surface area contributed by atoms with E-state index in [0.29, 0.717) is 0 Å². The Hall–Kier alpha value is -2.05. The maximum atomic E-state index is 14.1. The number of carboxylic acid groups (broad SMARTS) is 1. The summed E-state index contributed by atoms with van der Waals surface area (Å²) in [6.45, 7) is 0. The lowest BCUT2D eigenvalue weighted by molar-refractivity contribution is -0.139. The number of carbonyl (C=O) groups is 1. The lowest BCUT2D eigenvalue weighted by Crippen LogP contribution is -2.17. The molecule has 0 aromatic heterocycles. The van der Waals surface area contributed by atoms with Crippen LogP contribution in [0.25, 0.3) is 0 Å². The van der Waals surface area contributed by atoms with Crippen molar-refractivity contribution in [2.45, 2.75) is 18.8 Å². The molecule has 0 saturated heterocycles. The first-order valence-electron chi connectivity index (χ1n) is 5.76. The van der Waals surface area contributed by atoms with E-state index in [1.165, 1.54) is 27.4 Å². The predicted molar refractivity (Wildman–Crippen MR) is 66.9 cm³/mol. The van der Waals surface area contributed by atoms with Crippen LogP contribution in [0.15, 0.2) is 12.1 Å². The molecule has 0 fully saturated rings. The number of aliphatic carboxylic acids is 1. The number of hydrogen-bond donors (Lipinski definition) is 1. The highest BCUT2D eigenvalue weighted by Crippen LogP contribution is 2.47. The summed E-state index contributed by atoms with van der Waals surface area (Å²) in [7, 11) is 3.91. The van der Waals surface area contributed by atoms with Crippen LogP contribution in [0.4, 0.5) is 8.78 Å². The number of carboxylic acids is 1. The zero-order chi connectivity index (χ0) is 15.3. The minimum Gasteiger partial charge on any atom is -0.493 e. The Balaban J connectivity index is 3.26. The lowest BCUT2D eigenvalue weighted by atomic mass is 10.0. The summed E-state index contributed by atoms with van der Waals surface area (Å²) in [5.74, 6) is -4.50. The molecule has 0 radical (unpaired) electrons. The monoisotopic (exact) mass is 290 g/mol. The normalized spacial score (nSPS) is 11.1. The van der Waals surface area contributed by atoms with E-state index < -0.39 is 30.3 Å². The van der Waals surface area contributed by atoms with Gasteiger partial charge in [0.1, 0.15) is 0 Å². The fourth-order valence-corrected chi connectivity index (χ4v) is 1.79. The SMILES string of the molecule is COc1ccc(C(F)(F)CCC(=O)O)c(OC)c1OC. The largest absolute Gasteiger partial charge is 0.493 e. The molecule has 0 heterocycles. The smallest absolute Gasteiger partial charge is 0.303 e. The molecule has 7 heteroatoms. The second-order valence-electron chi connectivity index (χ2n) is 3.98. The molecule has 1 aromatic rings. The van der Waals surface area contributed by atoms with Gasteiger partial charge >= 0.3 is 5.97 Å². The summed E-state index contributed by atoms with van der Waals surface area (Å²) in [5.41, 5.74) is -0.432. The second kappa shape index (κ2) is 6.40. The van der Waals surface area contributed by atoms with Crippen LogP contribution in [-0.4, -0.2) is 32.4 Å². The van der Waals surface area contributed by atoms with Crippen LogP contribution >= 0.6 is 0 Å². The molecule has 0 amide bonds. The van der Waals surface area contributed by atoms with Crippen LogP contribution in [0, 0.1) is 0 Å². The average Bonchev–Trinajstić information content (AvgIpc) is 2.43. The van der Waals surface area contributed by atoms with E-state index >= 15 is 0 Å². The lowest BCUT2D eigenvalue weighted by Gasteiger charge is -2.21. The van der Waals surface area contributed by atoms with E-state index in [-0.39, 0.29) is 17.2 Å². The third-order valence-corrected chi connectivity index (χ3v) is 2.75. The van der Waals surface area contributed by atoms with Crippen LogP contribution in [-0.2, 0) is 10.7 Å². The molecule has 0 unspecified atom stereocenters. The minimum absolute atomic E-state index is 0.0440. The van der Waals surface area contributed by atoms with Gasteiger partial charge < -0.3 is 19.3 Å². The van der Waals surface area contributed by atoms with Gasteiger partial charge in [0.2, 0.25) is 5.75 Å². The number of ether oxygens (including phenoxy) is 3. The molecule has 20 heavy (non-hydrogen) atoms. The number of alkyl halides is 2. The molecule has 0 aliphatic rings. The van der Waals surface area contributed by atoms with Gasteiger partial charge in [-0.3, -0.25) is 4.79 Å². The Kier molecular flexibility index (Phi) is 5.12. The number of rotatable bonds is 7. The van der Waals surface area contributed by atoms with Gasteiger partial charge in [-0.15, -0.1) is 0 Å². The van der Waals surface area contributed by atoms with Gasteiger partial charge in [-0.25, -0.2) is 8.78 Å². The summed E-state index contributed by atoms with van der Waals surface area (Å²) >= 11 is 0. The third kappa shape index (κ3) is 3.28. The molecule has 0 atom stereocenters. The van der Waals surface area contributed by atoms with Gasteiger partial charge in [-0.05, 0) is 12.1 Å². The Morgan fingerprint density at radius 1 is 1.15 bits per heavy atom. The maximum Gasteiger partial charge on any atom is 0.303 e. The Morgan fingerprint density at radius 2 is 1.75 bits per heavy atom.